The Kier molecular flexibility index (Phi) is 3.81. The molecule has 3 unspecified atom stereocenters. The maximum Gasteiger partial charge on any atom is 0.0498 e. The second kappa shape index (κ2) is 4.87. The lowest BCUT2D eigenvalue weighted by molar-refractivity contribution is 0.0402. The van der Waals surface area contributed by atoms with Crippen molar-refractivity contribution in [3.05, 3.63) is 0 Å². The smallest absolute Gasteiger partial charge is 0.0498 e. The van der Waals surface area contributed by atoms with Gasteiger partial charge in [0.15, 0.2) is 0 Å². The van der Waals surface area contributed by atoms with Crippen LogP contribution in [0.2, 0.25) is 0 Å². The van der Waals surface area contributed by atoms with Gasteiger partial charge in [-0.1, -0.05) is 13.8 Å². The zero-order valence-corrected chi connectivity index (χ0v) is 11.9. The normalized spacial score (nSPS) is 35.8. The first-order valence-corrected chi connectivity index (χ1v) is 7.20. The highest BCUT2D eigenvalue weighted by Crippen LogP contribution is 2.40. The minimum Gasteiger partial charge on any atom is -0.329 e. The third kappa shape index (κ3) is 2.02. The highest BCUT2D eigenvalue weighted by atomic mass is 15.3. The van der Waals surface area contributed by atoms with Gasteiger partial charge in [-0.05, 0) is 45.7 Å². The van der Waals surface area contributed by atoms with Crippen molar-refractivity contribution in [1.82, 2.24) is 9.80 Å². The van der Waals surface area contributed by atoms with Crippen LogP contribution in [0.3, 0.4) is 0 Å². The highest BCUT2D eigenvalue weighted by molar-refractivity contribution is 5.10. The van der Waals surface area contributed by atoms with Crippen molar-refractivity contribution >= 4 is 0 Å². The van der Waals surface area contributed by atoms with Crippen molar-refractivity contribution in [2.24, 2.45) is 11.7 Å². The van der Waals surface area contributed by atoms with E-state index in [2.05, 4.69) is 37.6 Å². The maximum atomic E-state index is 6.20. The monoisotopic (exact) mass is 239 g/mol. The van der Waals surface area contributed by atoms with Gasteiger partial charge in [0.1, 0.15) is 0 Å². The van der Waals surface area contributed by atoms with E-state index in [9.17, 15) is 0 Å². The molecule has 100 valence electrons. The fourth-order valence-corrected chi connectivity index (χ4v) is 3.85. The summed E-state index contributed by atoms with van der Waals surface area (Å²) in [6, 6.07) is 1.32. The molecule has 2 aliphatic heterocycles. The Morgan fingerprint density at radius 2 is 2.06 bits per heavy atom. The van der Waals surface area contributed by atoms with E-state index < -0.39 is 0 Å². The Hall–Kier alpha value is -0.120. The van der Waals surface area contributed by atoms with Crippen LogP contribution in [0.4, 0.5) is 0 Å². The summed E-state index contributed by atoms with van der Waals surface area (Å²) < 4.78 is 0. The molecule has 2 rings (SSSR count). The molecule has 3 atom stereocenters. The van der Waals surface area contributed by atoms with Crippen LogP contribution >= 0.6 is 0 Å². The second-order valence-corrected chi connectivity index (χ2v) is 6.35. The number of nitrogens with two attached hydrogens (primary N) is 1. The van der Waals surface area contributed by atoms with E-state index in [0.717, 1.165) is 6.54 Å². The first kappa shape index (κ1) is 13.3. The van der Waals surface area contributed by atoms with Gasteiger partial charge in [0, 0.05) is 30.7 Å². The molecule has 0 spiro atoms. The van der Waals surface area contributed by atoms with Crippen LogP contribution in [-0.2, 0) is 0 Å². The lowest BCUT2D eigenvalue weighted by Gasteiger charge is -2.46. The van der Waals surface area contributed by atoms with Crippen molar-refractivity contribution in [3.63, 3.8) is 0 Å². The number of likely N-dealkylation sites (N-methyl/N-ethyl adjacent to an activating group) is 1. The largest absolute Gasteiger partial charge is 0.329 e. The number of fused-ring (bicyclic) bond motifs is 1. The summed E-state index contributed by atoms with van der Waals surface area (Å²) in [5.74, 6) is 0.693. The standard InChI is InChI=1S/C14H29N3/c1-11(2)12(3)16(4)14(10-15)7-9-17-8-5-6-13(14)17/h11-13H,5-10,15H2,1-4H3. The van der Waals surface area contributed by atoms with Crippen LogP contribution in [0.25, 0.3) is 0 Å². The van der Waals surface area contributed by atoms with Crippen molar-refractivity contribution in [1.29, 1.82) is 0 Å². The summed E-state index contributed by atoms with van der Waals surface area (Å²) in [4.78, 5) is 5.25. The van der Waals surface area contributed by atoms with Gasteiger partial charge in [0.05, 0.1) is 0 Å². The number of nitrogens with zero attached hydrogens (tertiary/aromatic N) is 2. The van der Waals surface area contributed by atoms with Crippen molar-refractivity contribution in [3.8, 4) is 0 Å². The third-order valence-corrected chi connectivity index (χ3v) is 5.45. The van der Waals surface area contributed by atoms with Gasteiger partial charge in [-0.25, -0.2) is 0 Å². The summed E-state index contributed by atoms with van der Waals surface area (Å²) in [5, 5.41) is 0. The van der Waals surface area contributed by atoms with E-state index in [1.807, 2.05) is 0 Å². The summed E-state index contributed by atoms with van der Waals surface area (Å²) >= 11 is 0. The highest BCUT2D eigenvalue weighted by Gasteiger charge is 2.51. The van der Waals surface area contributed by atoms with Crippen molar-refractivity contribution in [2.75, 3.05) is 26.7 Å². The minimum atomic E-state index is 0.236. The van der Waals surface area contributed by atoms with Crippen LogP contribution in [-0.4, -0.2) is 54.1 Å². The number of hydrogen-bond acceptors (Lipinski definition) is 3. The molecule has 0 bridgehead atoms. The molecule has 17 heavy (non-hydrogen) atoms. The molecule has 2 N–H and O–H groups in total. The summed E-state index contributed by atoms with van der Waals surface area (Å²) in [5.41, 5.74) is 6.43. The molecule has 0 aromatic heterocycles. The Morgan fingerprint density at radius 1 is 1.35 bits per heavy atom. The minimum absolute atomic E-state index is 0.236. The Labute approximate surface area is 106 Å². The summed E-state index contributed by atoms with van der Waals surface area (Å²) in [7, 11) is 2.29. The summed E-state index contributed by atoms with van der Waals surface area (Å²) in [6.45, 7) is 10.3. The van der Waals surface area contributed by atoms with Crippen molar-refractivity contribution < 1.29 is 0 Å². The molecular formula is C14H29N3. The molecule has 3 nitrogen and oxygen atoms in total. The first-order valence-electron chi connectivity index (χ1n) is 7.20. The van der Waals surface area contributed by atoms with E-state index in [4.69, 9.17) is 5.73 Å². The average molecular weight is 239 g/mol. The van der Waals surface area contributed by atoms with E-state index in [-0.39, 0.29) is 5.54 Å². The van der Waals surface area contributed by atoms with E-state index in [1.54, 1.807) is 0 Å². The van der Waals surface area contributed by atoms with Crippen LogP contribution in [0.1, 0.15) is 40.0 Å². The van der Waals surface area contributed by atoms with E-state index in [0.29, 0.717) is 18.0 Å². The molecule has 0 aliphatic carbocycles. The van der Waals surface area contributed by atoms with Crippen LogP contribution in [0, 0.1) is 5.92 Å². The maximum absolute atomic E-state index is 6.20. The van der Waals surface area contributed by atoms with Gasteiger partial charge in [-0.15, -0.1) is 0 Å². The lowest BCUT2D eigenvalue weighted by atomic mass is 9.84. The quantitative estimate of drug-likeness (QED) is 0.807. The van der Waals surface area contributed by atoms with Crippen LogP contribution in [0.5, 0.6) is 0 Å². The Bertz CT molecular complexity index is 266. The summed E-state index contributed by atoms with van der Waals surface area (Å²) in [6.07, 6.45) is 3.95. The van der Waals surface area contributed by atoms with E-state index >= 15 is 0 Å². The van der Waals surface area contributed by atoms with Crippen molar-refractivity contribution in [2.45, 2.75) is 57.7 Å². The molecule has 0 aromatic rings. The van der Waals surface area contributed by atoms with Gasteiger partial charge in [-0.3, -0.25) is 9.80 Å². The molecule has 0 saturated carbocycles. The lowest BCUT2D eigenvalue weighted by Crippen LogP contribution is -2.61. The van der Waals surface area contributed by atoms with Gasteiger partial charge in [0.2, 0.25) is 0 Å². The molecule has 3 heteroatoms. The molecule has 2 fully saturated rings. The number of rotatable bonds is 4. The van der Waals surface area contributed by atoms with Gasteiger partial charge in [0.25, 0.3) is 0 Å². The molecule has 2 aliphatic rings. The fraction of sp³-hybridized carbons (Fsp3) is 1.00. The van der Waals surface area contributed by atoms with Crippen LogP contribution < -0.4 is 5.73 Å². The predicted octanol–water partition coefficient (Wildman–Crippen LogP) is 1.53. The Balaban J connectivity index is 2.19. The predicted molar refractivity (Wildman–Crippen MR) is 73.1 cm³/mol. The van der Waals surface area contributed by atoms with Gasteiger partial charge >= 0.3 is 0 Å². The van der Waals surface area contributed by atoms with Gasteiger partial charge in [-0.2, -0.15) is 0 Å². The molecule has 0 amide bonds. The van der Waals surface area contributed by atoms with E-state index in [1.165, 1.54) is 32.4 Å². The van der Waals surface area contributed by atoms with Gasteiger partial charge < -0.3 is 5.73 Å². The molecule has 2 heterocycles. The zero-order valence-electron chi connectivity index (χ0n) is 11.9. The topological polar surface area (TPSA) is 32.5 Å². The Morgan fingerprint density at radius 3 is 2.65 bits per heavy atom. The molecule has 0 aromatic carbocycles. The first-order chi connectivity index (χ1) is 8.03. The third-order valence-electron chi connectivity index (χ3n) is 5.45. The zero-order chi connectivity index (χ0) is 12.6. The molecule has 0 radical (unpaired) electrons. The second-order valence-electron chi connectivity index (χ2n) is 6.35. The molecular weight excluding hydrogens is 210 g/mol. The number of hydrogen-bond donors (Lipinski definition) is 1. The average Bonchev–Trinajstić information content (AvgIpc) is 2.88. The fourth-order valence-electron chi connectivity index (χ4n) is 3.85. The molecule has 2 saturated heterocycles. The van der Waals surface area contributed by atoms with Crippen LogP contribution in [0.15, 0.2) is 0 Å². The SMILES string of the molecule is CC(C)C(C)N(C)C1(CN)CCN2CCCC21.